The van der Waals surface area contributed by atoms with Gasteiger partial charge in [0.2, 0.25) is 14.2 Å². The Balaban J connectivity index is 1.90. The van der Waals surface area contributed by atoms with Gasteiger partial charge in [0.15, 0.2) is 5.01 Å². The number of hydrogen-bond acceptors (Lipinski definition) is 10. The number of nitro groups is 2. The minimum Gasteiger partial charge on any atom is -0.258 e. The Labute approximate surface area is 154 Å². The predicted molar refractivity (Wildman–Crippen MR) is 93.9 cm³/mol. The van der Waals surface area contributed by atoms with E-state index in [1.54, 1.807) is 0 Å². The van der Waals surface area contributed by atoms with Crippen molar-refractivity contribution in [3.8, 4) is 9.88 Å². The number of benzene rings is 1. The van der Waals surface area contributed by atoms with Gasteiger partial charge in [-0.05, 0) is 6.07 Å². The summed E-state index contributed by atoms with van der Waals surface area (Å²) in [5.74, 6) is -0.594. The monoisotopic (exact) mass is 412 g/mol. The maximum Gasteiger partial charge on any atom is 0.324 e. The van der Waals surface area contributed by atoms with E-state index in [2.05, 4.69) is 10.2 Å². The number of aromatic nitrogens is 2. The minimum absolute atomic E-state index is 0.0426. The highest BCUT2D eigenvalue weighted by Gasteiger charge is 2.26. The Morgan fingerprint density at radius 2 is 1.69 bits per heavy atom. The highest BCUT2D eigenvalue weighted by atomic mass is 32.2. The van der Waals surface area contributed by atoms with E-state index >= 15 is 0 Å². The molecule has 2 heterocycles. The molecule has 13 heteroatoms. The standard InChI is InChI=1S/C13H8N4O6S3/c18-16(19)9-4-2-1-3-8(9)7-26(22,23)13-15-14-12(25-13)10-5-6-11(24-10)17(20)21/h1-6H,7H2. The third kappa shape index (κ3) is 3.58. The molecule has 0 aliphatic carbocycles. The van der Waals surface area contributed by atoms with Crippen LogP contribution in [0.2, 0.25) is 0 Å². The zero-order valence-corrected chi connectivity index (χ0v) is 15.1. The van der Waals surface area contributed by atoms with Gasteiger partial charge in [-0.25, -0.2) is 8.42 Å². The zero-order valence-electron chi connectivity index (χ0n) is 12.6. The molecule has 0 atom stereocenters. The lowest BCUT2D eigenvalue weighted by Gasteiger charge is -2.02. The van der Waals surface area contributed by atoms with Crippen LogP contribution in [0.5, 0.6) is 0 Å². The first-order valence-electron chi connectivity index (χ1n) is 6.81. The third-order valence-corrected chi connectivity index (χ3v) is 7.43. The highest BCUT2D eigenvalue weighted by molar-refractivity contribution is 7.92. The second-order valence-electron chi connectivity index (χ2n) is 4.91. The van der Waals surface area contributed by atoms with E-state index in [0.717, 1.165) is 22.7 Å². The van der Waals surface area contributed by atoms with Gasteiger partial charge in [-0.1, -0.05) is 40.9 Å². The van der Waals surface area contributed by atoms with Gasteiger partial charge in [0.1, 0.15) is 0 Å². The number of thiophene rings is 1. The first-order valence-corrected chi connectivity index (χ1v) is 10.1. The minimum atomic E-state index is -3.95. The van der Waals surface area contributed by atoms with Crippen molar-refractivity contribution < 1.29 is 18.3 Å². The number of nitrogens with zero attached hydrogens (tertiary/aromatic N) is 4. The SMILES string of the molecule is O=[N+]([O-])c1ccc(-c2nnc(S(=O)(=O)Cc3ccccc3[N+](=O)[O-])s2)s1. The molecule has 0 N–H and O–H groups in total. The van der Waals surface area contributed by atoms with Crippen LogP contribution in [0, 0.1) is 20.2 Å². The molecule has 10 nitrogen and oxygen atoms in total. The lowest BCUT2D eigenvalue weighted by atomic mass is 10.2. The van der Waals surface area contributed by atoms with Crippen molar-refractivity contribution in [1.82, 2.24) is 10.2 Å². The summed E-state index contributed by atoms with van der Waals surface area (Å²) in [6, 6.07) is 8.29. The molecular formula is C13H8N4O6S3. The second kappa shape index (κ2) is 6.86. The number of hydrogen-bond donors (Lipinski definition) is 0. The molecule has 3 rings (SSSR count). The molecule has 0 spiro atoms. The van der Waals surface area contributed by atoms with E-state index in [0.29, 0.717) is 4.88 Å². The highest BCUT2D eigenvalue weighted by Crippen LogP contribution is 2.36. The van der Waals surface area contributed by atoms with Crippen molar-refractivity contribution in [2.45, 2.75) is 10.1 Å². The summed E-state index contributed by atoms with van der Waals surface area (Å²) in [5.41, 5.74) is -0.254. The van der Waals surface area contributed by atoms with Crippen molar-refractivity contribution in [3.63, 3.8) is 0 Å². The van der Waals surface area contributed by atoms with Crippen molar-refractivity contribution in [1.29, 1.82) is 0 Å². The number of nitro benzene ring substituents is 1. The maximum absolute atomic E-state index is 12.5. The largest absolute Gasteiger partial charge is 0.324 e. The van der Waals surface area contributed by atoms with E-state index < -0.39 is 25.4 Å². The molecule has 0 aliphatic heterocycles. The lowest BCUT2D eigenvalue weighted by molar-refractivity contribution is -0.385. The quantitative estimate of drug-likeness (QED) is 0.443. The van der Waals surface area contributed by atoms with Gasteiger partial charge < -0.3 is 0 Å². The van der Waals surface area contributed by atoms with Crippen LogP contribution in [0.25, 0.3) is 9.88 Å². The molecule has 0 amide bonds. The molecule has 1 aromatic carbocycles. The summed E-state index contributed by atoms with van der Waals surface area (Å²) < 4.78 is 24.7. The van der Waals surface area contributed by atoms with Crippen LogP contribution >= 0.6 is 22.7 Å². The topological polar surface area (TPSA) is 146 Å². The molecule has 2 aromatic heterocycles. The van der Waals surface area contributed by atoms with Gasteiger partial charge in [-0.15, -0.1) is 10.2 Å². The fourth-order valence-corrected chi connectivity index (χ4v) is 5.36. The molecule has 0 unspecified atom stereocenters. The molecule has 0 fully saturated rings. The summed E-state index contributed by atoms with van der Waals surface area (Å²) in [6.07, 6.45) is 0. The van der Waals surface area contributed by atoms with Crippen molar-refractivity contribution in [3.05, 3.63) is 62.2 Å². The van der Waals surface area contributed by atoms with Crippen LogP contribution in [-0.4, -0.2) is 28.5 Å². The zero-order chi connectivity index (χ0) is 18.9. The Morgan fingerprint density at radius 3 is 2.35 bits per heavy atom. The van der Waals surface area contributed by atoms with Gasteiger partial charge in [-0.2, -0.15) is 0 Å². The van der Waals surface area contributed by atoms with Gasteiger partial charge in [0, 0.05) is 17.7 Å². The molecule has 134 valence electrons. The molecule has 26 heavy (non-hydrogen) atoms. The van der Waals surface area contributed by atoms with Crippen LogP contribution in [-0.2, 0) is 15.6 Å². The predicted octanol–water partition coefficient (Wildman–Crippen LogP) is 3.06. The number of para-hydroxylation sites is 1. The molecule has 0 saturated heterocycles. The Morgan fingerprint density at radius 1 is 0.962 bits per heavy atom. The van der Waals surface area contributed by atoms with Crippen molar-refractivity contribution in [2.75, 3.05) is 0 Å². The molecule has 0 aliphatic rings. The first kappa shape index (κ1) is 18.0. The first-order chi connectivity index (χ1) is 12.3. The van der Waals surface area contributed by atoms with Crippen molar-refractivity contribution in [2.24, 2.45) is 0 Å². The second-order valence-corrected chi connectivity index (χ2v) is 9.12. The van der Waals surface area contributed by atoms with Gasteiger partial charge in [0.25, 0.3) is 5.69 Å². The molecule has 3 aromatic rings. The van der Waals surface area contributed by atoms with Crippen molar-refractivity contribution >= 4 is 43.2 Å². The lowest BCUT2D eigenvalue weighted by Crippen LogP contribution is -2.06. The average molecular weight is 412 g/mol. The fourth-order valence-electron chi connectivity index (χ4n) is 2.05. The van der Waals surface area contributed by atoms with E-state index in [1.165, 1.54) is 36.4 Å². The summed E-state index contributed by atoms with van der Waals surface area (Å²) in [5, 5.41) is 29.3. The van der Waals surface area contributed by atoms with Gasteiger partial charge >= 0.3 is 5.00 Å². The number of rotatable bonds is 6. The Kier molecular flexibility index (Phi) is 4.76. The third-order valence-electron chi connectivity index (χ3n) is 3.19. The van der Waals surface area contributed by atoms with Crippen LogP contribution in [0.15, 0.2) is 40.7 Å². The summed E-state index contributed by atoms with van der Waals surface area (Å²) in [7, 11) is -3.95. The van der Waals surface area contributed by atoms with E-state index in [4.69, 9.17) is 0 Å². The summed E-state index contributed by atoms with van der Waals surface area (Å²) in [6.45, 7) is 0. The summed E-state index contributed by atoms with van der Waals surface area (Å²) >= 11 is 1.61. The normalized spacial score (nSPS) is 11.4. The van der Waals surface area contributed by atoms with Crippen LogP contribution in [0.1, 0.15) is 5.56 Å². The number of sulfone groups is 1. The van der Waals surface area contributed by atoms with E-state index in [9.17, 15) is 28.6 Å². The van der Waals surface area contributed by atoms with Crippen LogP contribution < -0.4 is 0 Å². The van der Waals surface area contributed by atoms with E-state index in [-0.39, 0.29) is 25.6 Å². The summed E-state index contributed by atoms with van der Waals surface area (Å²) in [4.78, 5) is 21.0. The fraction of sp³-hybridized carbons (Fsp3) is 0.0769. The average Bonchev–Trinajstić information content (AvgIpc) is 3.24. The Hall–Kier alpha value is -2.77. The van der Waals surface area contributed by atoms with E-state index in [1.807, 2.05) is 0 Å². The molecule has 0 bridgehead atoms. The molecular weight excluding hydrogens is 404 g/mol. The molecule has 0 saturated carbocycles. The van der Waals surface area contributed by atoms with Gasteiger partial charge in [-0.3, -0.25) is 20.2 Å². The van der Waals surface area contributed by atoms with Gasteiger partial charge in [0.05, 0.1) is 20.5 Å². The molecule has 0 radical (unpaired) electrons. The Bertz CT molecular complexity index is 1100. The maximum atomic E-state index is 12.5. The van der Waals surface area contributed by atoms with Crippen LogP contribution in [0.3, 0.4) is 0 Å². The smallest absolute Gasteiger partial charge is 0.258 e. The van der Waals surface area contributed by atoms with Crippen LogP contribution in [0.4, 0.5) is 10.7 Å².